The molecule has 4 nitrogen and oxygen atoms in total. The summed E-state index contributed by atoms with van der Waals surface area (Å²) in [5.74, 6) is 0.281. The van der Waals surface area contributed by atoms with Crippen molar-refractivity contribution in [1.29, 1.82) is 0 Å². The number of anilines is 1. The van der Waals surface area contributed by atoms with Gasteiger partial charge in [-0.15, -0.1) is 16.4 Å². The number of nitrogens with one attached hydrogen (secondary N) is 1. The SMILES string of the molecule is CNc1nc2scc(-c3ccccc3F)n2n1. The highest BCUT2D eigenvalue weighted by molar-refractivity contribution is 7.15. The molecule has 0 aliphatic heterocycles. The van der Waals surface area contributed by atoms with Gasteiger partial charge in [-0.3, -0.25) is 0 Å². The van der Waals surface area contributed by atoms with E-state index < -0.39 is 0 Å². The summed E-state index contributed by atoms with van der Waals surface area (Å²) in [6.07, 6.45) is 0. The highest BCUT2D eigenvalue weighted by Crippen LogP contribution is 2.27. The zero-order chi connectivity index (χ0) is 11.8. The molecule has 0 saturated carbocycles. The van der Waals surface area contributed by atoms with Crippen molar-refractivity contribution in [1.82, 2.24) is 14.6 Å². The van der Waals surface area contributed by atoms with Crippen LogP contribution in [0, 0.1) is 5.82 Å². The van der Waals surface area contributed by atoms with Gasteiger partial charge in [0, 0.05) is 18.0 Å². The number of hydrogen-bond donors (Lipinski definition) is 1. The monoisotopic (exact) mass is 248 g/mol. The van der Waals surface area contributed by atoms with Crippen LogP contribution in [0.1, 0.15) is 0 Å². The minimum absolute atomic E-state index is 0.256. The van der Waals surface area contributed by atoms with Crippen molar-refractivity contribution in [2.75, 3.05) is 12.4 Å². The average Bonchev–Trinajstić information content (AvgIpc) is 2.89. The lowest BCUT2D eigenvalue weighted by atomic mass is 10.2. The third kappa shape index (κ3) is 1.57. The second-order valence-electron chi connectivity index (χ2n) is 3.48. The molecular weight excluding hydrogens is 239 g/mol. The number of benzene rings is 1. The van der Waals surface area contributed by atoms with Crippen LogP contribution in [0.2, 0.25) is 0 Å². The lowest BCUT2D eigenvalue weighted by molar-refractivity contribution is 0.630. The number of fused-ring (bicyclic) bond motifs is 1. The van der Waals surface area contributed by atoms with E-state index >= 15 is 0 Å². The molecule has 0 amide bonds. The van der Waals surface area contributed by atoms with Crippen LogP contribution in [0.3, 0.4) is 0 Å². The summed E-state index contributed by atoms with van der Waals surface area (Å²) in [4.78, 5) is 4.99. The Kier molecular flexibility index (Phi) is 2.29. The van der Waals surface area contributed by atoms with Crippen molar-refractivity contribution in [2.24, 2.45) is 0 Å². The highest BCUT2D eigenvalue weighted by atomic mass is 32.1. The zero-order valence-electron chi connectivity index (χ0n) is 9.01. The van der Waals surface area contributed by atoms with Gasteiger partial charge >= 0.3 is 0 Å². The molecule has 0 spiro atoms. The molecule has 6 heteroatoms. The number of thiazole rings is 1. The van der Waals surface area contributed by atoms with E-state index in [9.17, 15) is 4.39 Å². The van der Waals surface area contributed by atoms with Crippen molar-refractivity contribution in [2.45, 2.75) is 0 Å². The van der Waals surface area contributed by atoms with Gasteiger partial charge in [0.25, 0.3) is 0 Å². The van der Waals surface area contributed by atoms with Gasteiger partial charge in [0.2, 0.25) is 10.9 Å². The third-order valence-corrected chi connectivity index (χ3v) is 3.27. The molecule has 0 saturated heterocycles. The van der Waals surface area contributed by atoms with Crippen LogP contribution in [-0.4, -0.2) is 21.6 Å². The predicted molar refractivity (Wildman–Crippen MR) is 65.8 cm³/mol. The Morgan fingerprint density at radius 2 is 2.18 bits per heavy atom. The minimum Gasteiger partial charge on any atom is -0.356 e. The maximum atomic E-state index is 13.7. The van der Waals surface area contributed by atoms with Gasteiger partial charge in [-0.1, -0.05) is 12.1 Å². The lowest BCUT2D eigenvalue weighted by Gasteiger charge is -1.99. The smallest absolute Gasteiger partial charge is 0.243 e. The molecule has 0 unspecified atom stereocenters. The lowest BCUT2D eigenvalue weighted by Crippen LogP contribution is -1.93. The van der Waals surface area contributed by atoms with Gasteiger partial charge in [-0.25, -0.2) is 8.91 Å². The second kappa shape index (κ2) is 3.81. The summed E-state index contributed by atoms with van der Waals surface area (Å²) in [6, 6.07) is 6.65. The summed E-state index contributed by atoms with van der Waals surface area (Å²) in [5, 5.41) is 8.97. The van der Waals surface area contributed by atoms with E-state index in [2.05, 4.69) is 15.4 Å². The molecule has 2 aromatic heterocycles. The quantitative estimate of drug-likeness (QED) is 0.758. The van der Waals surface area contributed by atoms with Gasteiger partial charge in [0.1, 0.15) is 5.82 Å². The molecule has 3 rings (SSSR count). The van der Waals surface area contributed by atoms with Gasteiger partial charge in [-0.2, -0.15) is 4.98 Å². The Balaban J connectivity index is 2.23. The Bertz CT molecular complexity index is 673. The van der Waals surface area contributed by atoms with Gasteiger partial charge < -0.3 is 5.32 Å². The van der Waals surface area contributed by atoms with Gasteiger partial charge in [0.05, 0.1) is 5.69 Å². The molecule has 0 aliphatic carbocycles. The normalized spacial score (nSPS) is 10.9. The third-order valence-electron chi connectivity index (χ3n) is 2.46. The number of hydrogen-bond acceptors (Lipinski definition) is 4. The topological polar surface area (TPSA) is 42.2 Å². The molecule has 17 heavy (non-hydrogen) atoms. The summed E-state index contributed by atoms with van der Waals surface area (Å²) < 4.78 is 15.3. The maximum Gasteiger partial charge on any atom is 0.243 e. The standard InChI is InChI=1S/C11H9FN4S/c1-13-10-14-11-16(15-10)9(6-17-11)7-4-2-3-5-8(7)12/h2-6H,1H3,(H,13,15). The molecule has 2 heterocycles. The maximum absolute atomic E-state index is 13.7. The van der Waals surface area contributed by atoms with Crippen molar-refractivity contribution in [3.05, 3.63) is 35.5 Å². The van der Waals surface area contributed by atoms with Crippen molar-refractivity contribution in [3.63, 3.8) is 0 Å². The van der Waals surface area contributed by atoms with E-state index in [0.29, 0.717) is 11.5 Å². The van der Waals surface area contributed by atoms with Crippen LogP contribution in [0.5, 0.6) is 0 Å². The summed E-state index contributed by atoms with van der Waals surface area (Å²) in [7, 11) is 1.75. The van der Waals surface area contributed by atoms with E-state index in [1.807, 2.05) is 5.38 Å². The zero-order valence-corrected chi connectivity index (χ0v) is 9.83. The van der Waals surface area contributed by atoms with Crippen molar-refractivity contribution in [3.8, 4) is 11.3 Å². The first-order valence-corrected chi connectivity index (χ1v) is 5.94. The number of nitrogens with zero attached hydrogens (tertiary/aromatic N) is 3. The molecular formula is C11H9FN4S. The fourth-order valence-corrected chi connectivity index (χ4v) is 2.46. The van der Waals surface area contributed by atoms with Crippen molar-refractivity contribution < 1.29 is 4.39 Å². The molecule has 0 aliphatic rings. The van der Waals surface area contributed by atoms with E-state index in [4.69, 9.17) is 0 Å². The first-order valence-electron chi connectivity index (χ1n) is 5.06. The minimum atomic E-state index is -0.256. The average molecular weight is 248 g/mol. The van der Waals surface area contributed by atoms with Crippen LogP contribution >= 0.6 is 11.3 Å². The number of aromatic nitrogens is 3. The molecule has 1 aromatic carbocycles. The van der Waals surface area contributed by atoms with Crippen molar-refractivity contribution >= 4 is 22.2 Å². The van der Waals surface area contributed by atoms with Crippen LogP contribution in [0.15, 0.2) is 29.6 Å². The van der Waals surface area contributed by atoms with Crippen LogP contribution in [-0.2, 0) is 0 Å². The van der Waals surface area contributed by atoms with Gasteiger partial charge in [0.15, 0.2) is 0 Å². The van der Waals surface area contributed by atoms with E-state index in [-0.39, 0.29) is 5.82 Å². The fraction of sp³-hybridized carbons (Fsp3) is 0.0909. The highest BCUT2D eigenvalue weighted by Gasteiger charge is 2.13. The van der Waals surface area contributed by atoms with E-state index in [1.165, 1.54) is 17.4 Å². The number of rotatable bonds is 2. The predicted octanol–water partition coefficient (Wildman–Crippen LogP) is 2.64. The molecule has 0 bridgehead atoms. The Morgan fingerprint density at radius 3 is 2.94 bits per heavy atom. The van der Waals surface area contributed by atoms with Gasteiger partial charge in [-0.05, 0) is 12.1 Å². The molecule has 0 fully saturated rings. The van der Waals surface area contributed by atoms with Crippen LogP contribution in [0.4, 0.5) is 10.3 Å². The first kappa shape index (κ1) is 10.2. The Labute approximate surface area is 101 Å². The molecule has 3 aromatic rings. The largest absolute Gasteiger partial charge is 0.356 e. The van der Waals surface area contributed by atoms with Crippen LogP contribution < -0.4 is 5.32 Å². The molecule has 0 atom stereocenters. The summed E-state index contributed by atoms with van der Waals surface area (Å²) in [5.41, 5.74) is 1.25. The summed E-state index contributed by atoms with van der Waals surface area (Å²) >= 11 is 1.44. The summed E-state index contributed by atoms with van der Waals surface area (Å²) in [6.45, 7) is 0. The molecule has 86 valence electrons. The Morgan fingerprint density at radius 1 is 1.35 bits per heavy atom. The first-order chi connectivity index (χ1) is 8.29. The fourth-order valence-electron chi connectivity index (χ4n) is 1.64. The molecule has 1 N–H and O–H groups in total. The van der Waals surface area contributed by atoms with E-state index in [1.54, 1.807) is 29.8 Å². The second-order valence-corrected chi connectivity index (χ2v) is 4.32. The number of halogens is 1. The van der Waals surface area contributed by atoms with Crippen LogP contribution in [0.25, 0.3) is 16.2 Å². The Hall–Kier alpha value is -1.95. The van der Waals surface area contributed by atoms with E-state index in [0.717, 1.165) is 10.7 Å². The molecule has 0 radical (unpaired) electrons.